The molecule has 0 aliphatic carbocycles. The number of carboxylic acids is 1. The van der Waals surface area contributed by atoms with Gasteiger partial charge in [0, 0.05) is 5.97 Å². The number of carbonyl (C=O) groups excluding carboxylic acids is 1. The first-order valence-corrected chi connectivity index (χ1v) is 2.86. The topological polar surface area (TPSA) is 97.7 Å². The summed E-state index contributed by atoms with van der Waals surface area (Å²) in [4.78, 5) is 23.2. The van der Waals surface area contributed by atoms with Crippen LogP contribution < -0.4 is 56.5 Å². The molecule has 0 saturated heterocycles. The van der Waals surface area contributed by atoms with Gasteiger partial charge in [-0.1, -0.05) is 0 Å². The molecule has 0 aromatic heterocycles. The number of carboxylic acid groups (broad SMARTS) is 1. The van der Waals surface area contributed by atoms with Crippen LogP contribution in [-0.2, 0) is 9.26 Å². The summed E-state index contributed by atoms with van der Waals surface area (Å²) in [5, 5.41) is 8.89. The van der Waals surface area contributed by atoms with Gasteiger partial charge in [0.1, 0.15) is 0 Å². The molecule has 0 atom stereocenters. The Labute approximate surface area is 96.0 Å². The van der Waals surface area contributed by atoms with Gasteiger partial charge in [-0.25, -0.2) is 0 Å². The molecule has 0 aromatic rings. The summed E-state index contributed by atoms with van der Waals surface area (Å²) in [6.45, 7) is 0.972. The third kappa shape index (κ3) is 754. The molecule has 0 unspecified atom stereocenters. The number of rotatable bonds is 0. The molecule has 0 aliphatic rings. The van der Waals surface area contributed by atoms with Crippen LogP contribution >= 0.6 is 0 Å². The van der Waals surface area contributed by atoms with Crippen molar-refractivity contribution in [1.82, 2.24) is 0 Å². The monoisotopic (exact) mass is 176 g/mol. The standard InChI is InChI=1S/C2H4O2.K.H2O3Si/c1-2(3)4;;1-4(2)3/h1H3,(H,3,4);;1-2H/q;+1;/p-1. The van der Waals surface area contributed by atoms with E-state index >= 15 is 0 Å². The second-order valence-electron chi connectivity index (χ2n) is 0.774. The molecule has 0 aromatic carbocycles. The first-order valence-electron chi connectivity index (χ1n) is 1.56. The molecule has 48 valence electrons. The molecule has 9 heavy (non-hydrogen) atoms. The van der Waals surface area contributed by atoms with Crippen LogP contribution in [0.1, 0.15) is 6.92 Å². The van der Waals surface area contributed by atoms with Crippen LogP contribution in [0.5, 0.6) is 0 Å². The maximum absolute atomic E-state index is 8.89. The Hall–Kier alpha value is 0.723. The second-order valence-corrected chi connectivity index (χ2v) is 1.34. The Morgan fingerprint density at radius 2 is 1.56 bits per heavy atom. The van der Waals surface area contributed by atoms with Gasteiger partial charge < -0.3 is 19.5 Å². The zero-order chi connectivity index (χ0) is 7.15. The molecule has 0 bridgehead atoms. The summed E-state index contributed by atoms with van der Waals surface area (Å²) in [6, 6.07) is 0. The fourth-order valence-corrected chi connectivity index (χ4v) is 0. The maximum Gasteiger partial charge on any atom is 1.00 e. The summed E-state index contributed by atoms with van der Waals surface area (Å²) in [6.07, 6.45) is 0. The zero-order valence-corrected chi connectivity index (χ0v) is 9.24. The molecule has 0 rings (SSSR count). The van der Waals surface area contributed by atoms with E-state index in [1.807, 2.05) is 0 Å². The minimum absolute atomic E-state index is 0. The minimum atomic E-state index is -3.13. The molecule has 2 N–H and O–H groups in total. The maximum atomic E-state index is 8.89. The van der Waals surface area contributed by atoms with Gasteiger partial charge in [0.25, 0.3) is 0 Å². The second kappa shape index (κ2) is 11.5. The molecule has 0 saturated carbocycles. The van der Waals surface area contributed by atoms with Gasteiger partial charge in [-0.15, -0.1) is 0 Å². The summed E-state index contributed by atoms with van der Waals surface area (Å²) in [5.74, 6) is -1.08. The van der Waals surface area contributed by atoms with Crippen molar-refractivity contribution in [2.45, 2.75) is 6.92 Å². The summed E-state index contributed by atoms with van der Waals surface area (Å²) >= 11 is 0. The van der Waals surface area contributed by atoms with E-state index in [9.17, 15) is 0 Å². The van der Waals surface area contributed by atoms with E-state index in [-0.39, 0.29) is 51.4 Å². The van der Waals surface area contributed by atoms with Gasteiger partial charge in [-0.05, 0) is 6.92 Å². The van der Waals surface area contributed by atoms with E-state index < -0.39 is 15.1 Å². The fraction of sp³-hybridized carbons (Fsp3) is 0.500. The normalized spacial score (nSPS) is 5.44. The van der Waals surface area contributed by atoms with E-state index in [1.165, 1.54) is 0 Å². The van der Waals surface area contributed by atoms with E-state index in [1.54, 1.807) is 0 Å². The van der Waals surface area contributed by atoms with Crippen LogP contribution in [0.25, 0.3) is 0 Å². The van der Waals surface area contributed by atoms with Crippen LogP contribution in [0.15, 0.2) is 0 Å². The third-order valence-corrected chi connectivity index (χ3v) is 0. The predicted octanol–water partition coefficient (Wildman–Crippen LogP) is -5.85. The SMILES string of the molecule is CC(=O)[O-].O=[Si](O)O.[K+]. The van der Waals surface area contributed by atoms with Crippen molar-refractivity contribution in [3.63, 3.8) is 0 Å². The zero-order valence-electron chi connectivity index (χ0n) is 5.12. The van der Waals surface area contributed by atoms with Crippen molar-refractivity contribution in [3.8, 4) is 0 Å². The quantitative estimate of drug-likeness (QED) is 0.358. The first kappa shape index (κ1) is 16.4. The van der Waals surface area contributed by atoms with Gasteiger partial charge in [-0.2, -0.15) is 0 Å². The Balaban J connectivity index is -0.0000000720. The molecule has 0 fully saturated rings. The number of hydrogen-bond acceptors (Lipinski definition) is 3. The van der Waals surface area contributed by atoms with Crippen LogP contribution in [0.4, 0.5) is 0 Å². The van der Waals surface area contributed by atoms with E-state index in [0.29, 0.717) is 0 Å². The van der Waals surface area contributed by atoms with Crippen LogP contribution in [0.2, 0.25) is 0 Å². The van der Waals surface area contributed by atoms with Crippen molar-refractivity contribution < 1.29 is 75.3 Å². The van der Waals surface area contributed by atoms with Gasteiger partial charge in [0.05, 0.1) is 0 Å². The fourth-order valence-electron chi connectivity index (χ4n) is 0. The Bertz CT molecular complexity index is 73.0. The van der Waals surface area contributed by atoms with E-state index in [4.69, 9.17) is 24.0 Å². The van der Waals surface area contributed by atoms with Gasteiger partial charge in [0.15, 0.2) is 0 Å². The Morgan fingerprint density at radius 3 is 1.56 bits per heavy atom. The Kier molecular flexibility index (Phi) is 20.9. The number of carbonyl (C=O) groups is 1. The van der Waals surface area contributed by atoms with E-state index in [2.05, 4.69) is 0 Å². The summed E-state index contributed by atoms with van der Waals surface area (Å²) in [5.41, 5.74) is 0. The van der Waals surface area contributed by atoms with Crippen LogP contribution in [0.3, 0.4) is 0 Å². The number of hydrogen-bond donors (Lipinski definition) is 2. The van der Waals surface area contributed by atoms with Gasteiger partial charge in [0.2, 0.25) is 0 Å². The van der Waals surface area contributed by atoms with Crippen molar-refractivity contribution >= 4 is 15.1 Å². The summed E-state index contributed by atoms with van der Waals surface area (Å²) in [7, 11) is -3.13. The minimum Gasteiger partial charge on any atom is -0.550 e. The smallest absolute Gasteiger partial charge is 0.550 e. The average Bonchev–Trinajstić information content (AvgIpc) is 1.25. The third-order valence-electron chi connectivity index (χ3n) is 0. The van der Waals surface area contributed by atoms with Crippen molar-refractivity contribution in [2.75, 3.05) is 0 Å². The van der Waals surface area contributed by atoms with Crippen molar-refractivity contribution in [3.05, 3.63) is 0 Å². The van der Waals surface area contributed by atoms with E-state index in [0.717, 1.165) is 6.92 Å². The van der Waals surface area contributed by atoms with Crippen molar-refractivity contribution in [2.24, 2.45) is 0 Å². The molecule has 0 amide bonds. The molecule has 0 radical (unpaired) electrons. The number of aliphatic carboxylic acids is 1. The molecule has 0 spiro atoms. The molecule has 0 aliphatic heterocycles. The average molecular weight is 176 g/mol. The van der Waals surface area contributed by atoms with Gasteiger partial charge in [-0.3, -0.25) is 4.46 Å². The largest absolute Gasteiger partial charge is 1.00 e. The van der Waals surface area contributed by atoms with Crippen LogP contribution in [0, 0.1) is 0 Å². The van der Waals surface area contributed by atoms with Crippen molar-refractivity contribution in [1.29, 1.82) is 0 Å². The van der Waals surface area contributed by atoms with Crippen LogP contribution in [-0.4, -0.2) is 24.7 Å². The Morgan fingerprint density at radius 1 is 1.56 bits per heavy atom. The summed E-state index contributed by atoms with van der Waals surface area (Å²) < 4.78 is 8.74. The molecular weight excluding hydrogens is 171 g/mol. The predicted molar refractivity (Wildman–Crippen MR) is 21.6 cm³/mol. The van der Waals surface area contributed by atoms with Gasteiger partial charge >= 0.3 is 60.6 Å². The molecular formula is C2H5KO5Si. The molecule has 0 heterocycles. The first-order chi connectivity index (χ1) is 3.46. The molecule has 7 heteroatoms. The molecule has 5 nitrogen and oxygen atoms in total.